The highest BCUT2D eigenvalue weighted by molar-refractivity contribution is 6.33. The molecule has 0 aliphatic carbocycles. The molecule has 1 aliphatic rings. The first-order valence-corrected chi connectivity index (χ1v) is 9.72. The summed E-state index contributed by atoms with van der Waals surface area (Å²) in [5, 5.41) is 7.43. The van der Waals surface area contributed by atoms with Gasteiger partial charge in [0.05, 0.1) is 30.2 Å². The molecular formula is C20H20ClN5O4. The van der Waals surface area contributed by atoms with Crippen molar-refractivity contribution in [1.29, 1.82) is 0 Å². The van der Waals surface area contributed by atoms with Crippen LogP contribution in [0.4, 0.5) is 17.1 Å². The first-order valence-electron chi connectivity index (χ1n) is 9.35. The van der Waals surface area contributed by atoms with E-state index in [4.69, 9.17) is 26.5 Å². The van der Waals surface area contributed by atoms with Crippen LogP contribution in [0.25, 0.3) is 11.5 Å². The molecule has 1 aliphatic heterocycles. The lowest BCUT2D eigenvalue weighted by molar-refractivity contribution is -0.117. The summed E-state index contributed by atoms with van der Waals surface area (Å²) >= 11 is 6.40. The van der Waals surface area contributed by atoms with Gasteiger partial charge in [0, 0.05) is 18.8 Å². The van der Waals surface area contributed by atoms with Crippen molar-refractivity contribution in [2.45, 2.75) is 6.54 Å². The zero-order valence-electron chi connectivity index (χ0n) is 16.0. The molecule has 3 aromatic rings. The number of amides is 1. The van der Waals surface area contributed by atoms with Crippen LogP contribution in [0.5, 0.6) is 0 Å². The summed E-state index contributed by atoms with van der Waals surface area (Å²) in [5.74, 6) is 0.0112. The van der Waals surface area contributed by atoms with E-state index in [0.717, 1.165) is 23.5 Å². The average Bonchev–Trinajstić information content (AvgIpc) is 3.27. The number of nitrogens with zero attached hydrogens (tertiary/aromatic N) is 3. The van der Waals surface area contributed by atoms with Crippen LogP contribution in [-0.2, 0) is 16.1 Å². The highest BCUT2D eigenvalue weighted by Crippen LogP contribution is 2.29. The number of carbonyl (C=O) groups excluding carboxylic acids is 1. The van der Waals surface area contributed by atoms with Crippen LogP contribution in [-0.4, -0.2) is 42.0 Å². The van der Waals surface area contributed by atoms with Gasteiger partial charge in [-0.15, -0.1) is 0 Å². The van der Waals surface area contributed by atoms with E-state index in [1.54, 1.807) is 24.3 Å². The molecular weight excluding hydrogens is 410 g/mol. The fourth-order valence-electron chi connectivity index (χ4n) is 3.20. The van der Waals surface area contributed by atoms with E-state index in [1.165, 1.54) is 12.3 Å². The Balaban J connectivity index is 1.48. The third-order valence-electron chi connectivity index (χ3n) is 4.65. The van der Waals surface area contributed by atoms with Gasteiger partial charge in [-0.2, -0.15) is 5.10 Å². The van der Waals surface area contributed by atoms with Crippen molar-refractivity contribution in [2.75, 3.05) is 42.3 Å². The van der Waals surface area contributed by atoms with E-state index in [9.17, 15) is 9.59 Å². The molecule has 0 unspecified atom stereocenters. The second-order valence-corrected chi connectivity index (χ2v) is 7.15. The third-order valence-corrected chi connectivity index (χ3v) is 4.95. The number of carbonyl (C=O) groups is 1. The lowest BCUT2D eigenvalue weighted by atomic mass is 10.2. The number of morpholine rings is 1. The number of ether oxygens (including phenoxy) is 1. The molecule has 3 N–H and O–H groups in total. The standard InChI is InChI=1S/C20H20ClN5O4/c21-14-10-13(3-4-17(14)25-5-8-29-9-6-25)23-19(27)12-26-20(28)15(22)11-16(24-26)18-2-1-7-30-18/h1-4,7,10-11H,5-6,8-9,12,22H2,(H,23,27). The van der Waals surface area contributed by atoms with Crippen LogP contribution in [0.15, 0.2) is 51.9 Å². The molecule has 3 heterocycles. The van der Waals surface area contributed by atoms with E-state index >= 15 is 0 Å². The van der Waals surface area contributed by atoms with E-state index in [-0.39, 0.29) is 12.2 Å². The van der Waals surface area contributed by atoms with Gasteiger partial charge in [0.25, 0.3) is 5.56 Å². The molecule has 0 radical (unpaired) electrons. The minimum Gasteiger partial charge on any atom is -0.463 e. The van der Waals surface area contributed by atoms with E-state index < -0.39 is 11.5 Å². The van der Waals surface area contributed by atoms with Crippen molar-refractivity contribution < 1.29 is 13.9 Å². The van der Waals surface area contributed by atoms with Gasteiger partial charge in [-0.25, -0.2) is 4.68 Å². The molecule has 1 amide bonds. The van der Waals surface area contributed by atoms with Crippen LogP contribution >= 0.6 is 11.6 Å². The van der Waals surface area contributed by atoms with Crippen LogP contribution in [0.1, 0.15) is 0 Å². The van der Waals surface area contributed by atoms with Crippen molar-refractivity contribution >= 4 is 34.6 Å². The number of aromatic nitrogens is 2. The fourth-order valence-corrected chi connectivity index (χ4v) is 3.50. The molecule has 0 spiro atoms. The van der Waals surface area contributed by atoms with Gasteiger partial charge >= 0.3 is 0 Å². The summed E-state index contributed by atoms with van der Waals surface area (Å²) in [4.78, 5) is 26.9. The number of nitrogen functional groups attached to an aromatic ring is 1. The van der Waals surface area contributed by atoms with Crippen molar-refractivity contribution in [3.05, 3.63) is 58.0 Å². The van der Waals surface area contributed by atoms with Crippen molar-refractivity contribution in [3.8, 4) is 11.5 Å². The Kier molecular flexibility index (Phi) is 5.73. The van der Waals surface area contributed by atoms with Crippen LogP contribution in [0.2, 0.25) is 5.02 Å². The Hall–Kier alpha value is -3.30. The molecule has 10 heteroatoms. The normalized spacial score (nSPS) is 14.0. The smallest absolute Gasteiger partial charge is 0.290 e. The second-order valence-electron chi connectivity index (χ2n) is 6.74. The summed E-state index contributed by atoms with van der Waals surface area (Å²) in [6.45, 7) is 2.51. The lowest BCUT2D eigenvalue weighted by Crippen LogP contribution is -2.36. The summed E-state index contributed by atoms with van der Waals surface area (Å²) < 4.78 is 11.6. The maximum Gasteiger partial charge on any atom is 0.290 e. The zero-order chi connectivity index (χ0) is 21.1. The predicted octanol–water partition coefficient (Wildman–Crippen LogP) is 2.21. The van der Waals surface area contributed by atoms with Crippen LogP contribution in [0.3, 0.4) is 0 Å². The minimum absolute atomic E-state index is 0.0258. The summed E-state index contributed by atoms with van der Waals surface area (Å²) in [7, 11) is 0. The maximum atomic E-state index is 12.5. The molecule has 0 bridgehead atoms. The summed E-state index contributed by atoms with van der Waals surface area (Å²) in [5.41, 5.74) is 6.97. The molecule has 0 atom stereocenters. The number of hydrogen-bond donors (Lipinski definition) is 2. The maximum absolute atomic E-state index is 12.5. The Labute approximate surface area is 177 Å². The van der Waals surface area contributed by atoms with E-state index in [0.29, 0.717) is 35.4 Å². The number of anilines is 3. The van der Waals surface area contributed by atoms with Crippen LogP contribution in [0, 0.1) is 0 Å². The second kappa shape index (κ2) is 8.60. The predicted molar refractivity (Wildman–Crippen MR) is 114 cm³/mol. The zero-order valence-corrected chi connectivity index (χ0v) is 16.8. The molecule has 0 saturated carbocycles. The largest absolute Gasteiger partial charge is 0.463 e. The molecule has 30 heavy (non-hydrogen) atoms. The molecule has 1 aromatic carbocycles. The van der Waals surface area contributed by atoms with Gasteiger partial charge in [-0.05, 0) is 36.4 Å². The van der Waals surface area contributed by atoms with Crippen molar-refractivity contribution in [2.24, 2.45) is 0 Å². The number of halogens is 1. The minimum atomic E-state index is -0.554. The number of benzene rings is 1. The molecule has 1 fully saturated rings. The Morgan fingerprint density at radius 2 is 2.03 bits per heavy atom. The number of nitrogens with two attached hydrogens (primary N) is 1. The topological polar surface area (TPSA) is 116 Å². The first kappa shape index (κ1) is 20.0. The molecule has 4 rings (SSSR count). The number of rotatable bonds is 5. The summed E-state index contributed by atoms with van der Waals surface area (Å²) in [6, 6.07) is 10.1. The Bertz CT molecular complexity index is 1110. The van der Waals surface area contributed by atoms with Crippen LogP contribution < -0.4 is 21.5 Å². The van der Waals surface area contributed by atoms with Crippen molar-refractivity contribution in [3.63, 3.8) is 0 Å². The SMILES string of the molecule is Nc1cc(-c2ccco2)nn(CC(=O)Nc2ccc(N3CCOCC3)c(Cl)c2)c1=O. The van der Waals surface area contributed by atoms with Gasteiger partial charge < -0.3 is 25.1 Å². The Morgan fingerprint density at radius 1 is 1.23 bits per heavy atom. The quantitative estimate of drug-likeness (QED) is 0.638. The lowest BCUT2D eigenvalue weighted by Gasteiger charge is -2.29. The van der Waals surface area contributed by atoms with Gasteiger partial charge in [-0.1, -0.05) is 11.6 Å². The average molecular weight is 430 g/mol. The number of furan rings is 1. The Morgan fingerprint density at radius 3 is 2.73 bits per heavy atom. The number of nitrogens with one attached hydrogen (secondary N) is 1. The molecule has 2 aromatic heterocycles. The molecule has 156 valence electrons. The fraction of sp³-hybridized carbons (Fsp3) is 0.250. The summed E-state index contributed by atoms with van der Waals surface area (Å²) in [6.07, 6.45) is 1.49. The highest BCUT2D eigenvalue weighted by Gasteiger charge is 2.16. The van der Waals surface area contributed by atoms with E-state index in [2.05, 4.69) is 15.3 Å². The molecule has 9 nitrogen and oxygen atoms in total. The van der Waals surface area contributed by atoms with E-state index in [1.807, 2.05) is 6.07 Å². The van der Waals surface area contributed by atoms with Gasteiger partial charge in [0.15, 0.2) is 5.76 Å². The monoisotopic (exact) mass is 429 g/mol. The highest BCUT2D eigenvalue weighted by atomic mass is 35.5. The number of hydrogen-bond acceptors (Lipinski definition) is 7. The third kappa shape index (κ3) is 4.32. The van der Waals surface area contributed by atoms with Gasteiger partial charge in [0.1, 0.15) is 17.9 Å². The molecule has 1 saturated heterocycles. The van der Waals surface area contributed by atoms with Gasteiger partial charge in [0.2, 0.25) is 5.91 Å². The first-order chi connectivity index (χ1) is 14.5. The van der Waals surface area contributed by atoms with Crippen molar-refractivity contribution in [1.82, 2.24) is 9.78 Å². The van der Waals surface area contributed by atoms with Gasteiger partial charge in [-0.3, -0.25) is 9.59 Å².